The van der Waals surface area contributed by atoms with Crippen LogP contribution < -0.4 is 9.04 Å². The topological polar surface area (TPSA) is 89.0 Å². The normalized spacial score (nSPS) is 20.3. The summed E-state index contributed by atoms with van der Waals surface area (Å²) in [6.07, 6.45) is 6.52. The Labute approximate surface area is 196 Å². The number of sulfonamides is 1. The standard InChI is InChI=1S/C25H34N2O5S/c1-3-18-15-20-9-10-21(4-2)27(24(20)26-16-18)33(29,30)25(28)22-7-5-6-8-23(22)32-17-19-11-13-31-14-12-19/h5-8,15-16,19,21,25,28H,3-4,9-14,17H2,1-2H3. The molecule has 1 saturated heterocycles. The van der Waals surface area contributed by atoms with Crippen LogP contribution >= 0.6 is 0 Å². The second kappa shape index (κ2) is 10.4. The number of pyridine rings is 1. The second-order valence-electron chi connectivity index (χ2n) is 8.88. The average molecular weight is 475 g/mol. The number of anilines is 1. The van der Waals surface area contributed by atoms with E-state index in [-0.39, 0.29) is 11.6 Å². The summed E-state index contributed by atoms with van der Waals surface area (Å²) in [6.45, 7) is 5.92. The summed E-state index contributed by atoms with van der Waals surface area (Å²) in [7, 11) is -4.15. The molecule has 7 nitrogen and oxygen atoms in total. The van der Waals surface area contributed by atoms with Gasteiger partial charge in [-0.05, 0) is 61.6 Å². The third-order valence-electron chi connectivity index (χ3n) is 6.72. The molecule has 0 saturated carbocycles. The van der Waals surface area contributed by atoms with E-state index < -0.39 is 15.5 Å². The highest BCUT2D eigenvalue weighted by Crippen LogP contribution is 2.39. The Kier molecular flexibility index (Phi) is 7.56. The van der Waals surface area contributed by atoms with Crippen molar-refractivity contribution in [2.45, 2.75) is 63.9 Å². The van der Waals surface area contributed by atoms with Crippen molar-refractivity contribution in [2.75, 3.05) is 24.1 Å². The van der Waals surface area contributed by atoms with Gasteiger partial charge >= 0.3 is 0 Å². The SMILES string of the molecule is CCc1cnc2c(c1)CCC(CC)N2S(=O)(=O)C(O)c1ccccc1OCC1CCOCC1. The summed E-state index contributed by atoms with van der Waals surface area (Å²) in [5.41, 5.74) is 0.514. The number of aryl methyl sites for hydroxylation is 2. The lowest BCUT2D eigenvalue weighted by Crippen LogP contribution is -2.46. The molecule has 2 atom stereocenters. The van der Waals surface area contributed by atoms with Crippen LogP contribution in [0.1, 0.15) is 61.7 Å². The number of ether oxygens (including phenoxy) is 2. The number of hydrogen-bond acceptors (Lipinski definition) is 6. The number of aromatic nitrogens is 1. The summed E-state index contributed by atoms with van der Waals surface area (Å²) in [6, 6.07) is 8.66. The van der Waals surface area contributed by atoms with Gasteiger partial charge in [0.2, 0.25) is 5.44 Å². The molecular formula is C25H34N2O5S. The van der Waals surface area contributed by atoms with Crippen LogP contribution in [-0.4, -0.2) is 44.4 Å². The van der Waals surface area contributed by atoms with Crippen LogP contribution in [0, 0.1) is 5.92 Å². The third kappa shape index (κ3) is 5.03. The zero-order chi connectivity index (χ0) is 23.4. The van der Waals surface area contributed by atoms with E-state index in [0.717, 1.165) is 36.8 Å². The first-order valence-electron chi connectivity index (χ1n) is 11.9. The monoisotopic (exact) mass is 474 g/mol. The molecule has 2 aromatic rings. The van der Waals surface area contributed by atoms with Gasteiger partial charge in [0.25, 0.3) is 10.0 Å². The molecular weight excluding hydrogens is 440 g/mol. The molecule has 2 unspecified atom stereocenters. The summed E-state index contributed by atoms with van der Waals surface area (Å²) >= 11 is 0. The van der Waals surface area contributed by atoms with Crippen molar-refractivity contribution < 1.29 is 23.0 Å². The van der Waals surface area contributed by atoms with E-state index in [1.165, 1.54) is 4.31 Å². The summed E-state index contributed by atoms with van der Waals surface area (Å²) < 4.78 is 40.4. The van der Waals surface area contributed by atoms with E-state index in [9.17, 15) is 13.5 Å². The summed E-state index contributed by atoms with van der Waals surface area (Å²) in [4.78, 5) is 4.52. The highest BCUT2D eigenvalue weighted by atomic mass is 32.2. The fourth-order valence-corrected chi connectivity index (χ4v) is 6.45. The minimum atomic E-state index is -4.15. The van der Waals surface area contributed by atoms with Crippen molar-refractivity contribution in [3.8, 4) is 5.75 Å². The molecule has 2 aliphatic rings. The zero-order valence-corrected chi connectivity index (χ0v) is 20.3. The van der Waals surface area contributed by atoms with Gasteiger partial charge in [-0.15, -0.1) is 0 Å². The Morgan fingerprint density at radius 3 is 2.70 bits per heavy atom. The van der Waals surface area contributed by atoms with Gasteiger partial charge in [-0.3, -0.25) is 0 Å². The van der Waals surface area contributed by atoms with Gasteiger partial charge in [0.1, 0.15) is 11.6 Å². The molecule has 1 aromatic heterocycles. The van der Waals surface area contributed by atoms with Crippen LogP contribution in [0.15, 0.2) is 36.5 Å². The van der Waals surface area contributed by atoms with Gasteiger partial charge in [0.15, 0.2) is 0 Å². The van der Waals surface area contributed by atoms with Gasteiger partial charge in [-0.2, -0.15) is 0 Å². The molecule has 0 spiro atoms. The van der Waals surface area contributed by atoms with E-state index >= 15 is 0 Å². The largest absolute Gasteiger partial charge is 0.493 e. The van der Waals surface area contributed by atoms with Gasteiger partial charge in [0.05, 0.1) is 6.61 Å². The van der Waals surface area contributed by atoms with Crippen molar-refractivity contribution in [1.82, 2.24) is 4.98 Å². The first-order chi connectivity index (χ1) is 16.0. The van der Waals surface area contributed by atoms with Crippen molar-refractivity contribution in [1.29, 1.82) is 0 Å². The molecule has 0 bridgehead atoms. The maximum Gasteiger partial charge on any atom is 0.268 e. The number of fused-ring (bicyclic) bond motifs is 1. The number of para-hydroxylation sites is 1. The number of benzene rings is 1. The van der Waals surface area contributed by atoms with Crippen LogP contribution in [0.2, 0.25) is 0 Å². The van der Waals surface area contributed by atoms with Gasteiger partial charge in [-0.1, -0.05) is 38.1 Å². The highest BCUT2D eigenvalue weighted by molar-refractivity contribution is 7.92. The zero-order valence-electron chi connectivity index (χ0n) is 19.4. The fraction of sp³-hybridized carbons (Fsp3) is 0.560. The van der Waals surface area contributed by atoms with Crippen molar-refractivity contribution in [2.24, 2.45) is 5.92 Å². The van der Waals surface area contributed by atoms with Gasteiger partial charge in [-0.25, -0.2) is 17.7 Å². The number of nitrogens with zero attached hydrogens (tertiary/aromatic N) is 2. The molecule has 3 heterocycles. The first-order valence-corrected chi connectivity index (χ1v) is 13.4. The molecule has 1 aromatic carbocycles. The van der Waals surface area contributed by atoms with Crippen LogP contribution in [-0.2, 0) is 27.6 Å². The van der Waals surface area contributed by atoms with Crippen LogP contribution in [0.4, 0.5) is 5.82 Å². The van der Waals surface area contributed by atoms with E-state index in [1.54, 1.807) is 30.5 Å². The van der Waals surface area contributed by atoms with Crippen LogP contribution in [0.25, 0.3) is 0 Å². The van der Waals surface area contributed by atoms with Crippen LogP contribution in [0.3, 0.4) is 0 Å². The first kappa shape index (κ1) is 24.0. The number of aliphatic hydroxyl groups excluding tert-OH is 1. The molecule has 0 aliphatic carbocycles. The quantitative estimate of drug-likeness (QED) is 0.622. The molecule has 2 aliphatic heterocycles. The molecule has 0 radical (unpaired) electrons. The molecule has 4 rings (SSSR count). The molecule has 1 fully saturated rings. The van der Waals surface area contributed by atoms with E-state index in [0.29, 0.717) is 50.1 Å². The predicted octanol–water partition coefficient (Wildman–Crippen LogP) is 4.00. The Hall–Kier alpha value is -2.16. The van der Waals surface area contributed by atoms with Crippen LogP contribution in [0.5, 0.6) is 5.75 Å². The van der Waals surface area contributed by atoms with Crippen molar-refractivity contribution in [3.05, 3.63) is 53.2 Å². The van der Waals surface area contributed by atoms with Gasteiger partial charge in [0, 0.05) is 31.0 Å². The number of hydrogen-bond donors (Lipinski definition) is 1. The lowest BCUT2D eigenvalue weighted by molar-refractivity contribution is 0.0493. The molecule has 33 heavy (non-hydrogen) atoms. The highest BCUT2D eigenvalue weighted by Gasteiger charge is 2.41. The van der Waals surface area contributed by atoms with E-state index in [4.69, 9.17) is 9.47 Å². The predicted molar refractivity (Wildman–Crippen MR) is 128 cm³/mol. The molecule has 1 N–H and O–H groups in total. The molecule has 0 amide bonds. The van der Waals surface area contributed by atoms with Crippen molar-refractivity contribution >= 4 is 15.8 Å². The smallest absolute Gasteiger partial charge is 0.268 e. The van der Waals surface area contributed by atoms with E-state index in [1.807, 2.05) is 13.0 Å². The Balaban J connectivity index is 1.63. The summed E-state index contributed by atoms with van der Waals surface area (Å²) in [5, 5.41) is 11.2. The Morgan fingerprint density at radius 2 is 1.97 bits per heavy atom. The minimum absolute atomic E-state index is 0.243. The third-order valence-corrected chi connectivity index (χ3v) is 8.56. The van der Waals surface area contributed by atoms with E-state index in [2.05, 4.69) is 11.9 Å². The average Bonchev–Trinajstić information content (AvgIpc) is 2.86. The Bertz CT molecular complexity index is 1050. The lowest BCUT2D eigenvalue weighted by Gasteiger charge is -2.38. The minimum Gasteiger partial charge on any atom is -0.493 e. The number of aliphatic hydroxyl groups is 1. The summed E-state index contributed by atoms with van der Waals surface area (Å²) in [5.74, 6) is 1.19. The second-order valence-corrected chi connectivity index (χ2v) is 10.7. The lowest BCUT2D eigenvalue weighted by atomic mass is 9.98. The molecule has 8 heteroatoms. The number of rotatable bonds is 8. The Morgan fingerprint density at radius 1 is 1.21 bits per heavy atom. The van der Waals surface area contributed by atoms with Crippen molar-refractivity contribution in [3.63, 3.8) is 0 Å². The maximum atomic E-state index is 13.8. The molecule has 180 valence electrons. The van der Waals surface area contributed by atoms with Gasteiger partial charge < -0.3 is 14.6 Å². The maximum absolute atomic E-state index is 13.8. The fourth-order valence-electron chi connectivity index (χ4n) is 4.64.